The molecule has 0 unspecified atom stereocenters. The van der Waals surface area contributed by atoms with Crippen molar-refractivity contribution in [2.24, 2.45) is 0 Å². The summed E-state index contributed by atoms with van der Waals surface area (Å²) in [5, 5.41) is 3.21. The summed E-state index contributed by atoms with van der Waals surface area (Å²) in [6.07, 6.45) is -3.09. The lowest BCUT2D eigenvalue weighted by atomic mass is 10.2. The number of aromatic nitrogens is 3. The summed E-state index contributed by atoms with van der Waals surface area (Å²) in [5.41, 5.74) is 0.830. The van der Waals surface area contributed by atoms with Gasteiger partial charge in [-0.05, 0) is 25.5 Å². The van der Waals surface area contributed by atoms with Gasteiger partial charge in [0.15, 0.2) is 0 Å². The van der Waals surface area contributed by atoms with Crippen molar-refractivity contribution in [3.8, 4) is 0 Å². The van der Waals surface area contributed by atoms with E-state index in [-0.39, 0.29) is 0 Å². The van der Waals surface area contributed by atoms with Gasteiger partial charge in [0.1, 0.15) is 11.5 Å². The SMILES string of the molecule is CCNc1cc(C)nc(N2CCN(Cc3ccc(C(F)(F)F)nc3)CC2)n1. The van der Waals surface area contributed by atoms with Gasteiger partial charge >= 0.3 is 6.18 Å². The second-order valence-electron chi connectivity index (χ2n) is 6.54. The van der Waals surface area contributed by atoms with Crippen molar-refractivity contribution in [2.45, 2.75) is 26.6 Å². The van der Waals surface area contributed by atoms with Crippen LogP contribution in [-0.4, -0.2) is 52.6 Å². The van der Waals surface area contributed by atoms with Crippen LogP contribution >= 0.6 is 0 Å². The largest absolute Gasteiger partial charge is 0.433 e. The van der Waals surface area contributed by atoms with E-state index in [4.69, 9.17) is 0 Å². The molecule has 2 aromatic rings. The Kier molecular flexibility index (Phi) is 5.79. The number of piperazine rings is 1. The van der Waals surface area contributed by atoms with Gasteiger partial charge in [0.25, 0.3) is 0 Å². The average Bonchev–Trinajstić information content (AvgIpc) is 2.62. The van der Waals surface area contributed by atoms with E-state index in [9.17, 15) is 13.2 Å². The minimum atomic E-state index is -4.40. The number of pyridine rings is 1. The predicted octanol–water partition coefficient (Wildman–Crippen LogP) is 2.95. The van der Waals surface area contributed by atoms with Crippen molar-refractivity contribution < 1.29 is 13.2 Å². The smallest absolute Gasteiger partial charge is 0.370 e. The highest BCUT2D eigenvalue weighted by Gasteiger charge is 2.32. The molecule has 1 fully saturated rings. The molecule has 3 heterocycles. The number of anilines is 2. The van der Waals surface area contributed by atoms with Crippen LogP contribution in [0.3, 0.4) is 0 Å². The first kappa shape index (κ1) is 19.3. The predicted molar refractivity (Wildman–Crippen MR) is 97.7 cm³/mol. The van der Waals surface area contributed by atoms with E-state index in [1.807, 2.05) is 19.9 Å². The molecule has 9 heteroatoms. The van der Waals surface area contributed by atoms with E-state index in [1.54, 1.807) is 0 Å². The molecule has 0 amide bonds. The van der Waals surface area contributed by atoms with Crippen molar-refractivity contribution in [3.63, 3.8) is 0 Å². The molecule has 0 spiro atoms. The lowest BCUT2D eigenvalue weighted by molar-refractivity contribution is -0.141. The maximum Gasteiger partial charge on any atom is 0.433 e. The second kappa shape index (κ2) is 8.08. The van der Waals surface area contributed by atoms with Crippen LogP contribution in [0.1, 0.15) is 23.9 Å². The first-order valence-electron chi connectivity index (χ1n) is 8.94. The zero-order valence-corrected chi connectivity index (χ0v) is 15.4. The van der Waals surface area contributed by atoms with Gasteiger partial charge in [-0.25, -0.2) is 4.98 Å². The van der Waals surface area contributed by atoms with E-state index in [2.05, 4.69) is 30.1 Å². The first-order chi connectivity index (χ1) is 12.8. The van der Waals surface area contributed by atoms with Crippen LogP contribution in [0.2, 0.25) is 0 Å². The van der Waals surface area contributed by atoms with Gasteiger partial charge in [0.2, 0.25) is 5.95 Å². The third kappa shape index (κ3) is 5.06. The molecule has 27 heavy (non-hydrogen) atoms. The lowest BCUT2D eigenvalue weighted by Gasteiger charge is -2.34. The molecule has 1 saturated heterocycles. The molecule has 146 valence electrons. The molecule has 1 aliphatic heterocycles. The Morgan fingerprint density at radius 2 is 1.85 bits per heavy atom. The summed E-state index contributed by atoms with van der Waals surface area (Å²) in [6.45, 7) is 8.45. The van der Waals surface area contributed by atoms with Crippen LogP contribution in [-0.2, 0) is 12.7 Å². The number of rotatable bonds is 5. The van der Waals surface area contributed by atoms with Crippen LogP contribution in [0, 0.1) is 6.92 Å². The molecule has 0 aromatic carbocycles. The highest BCUT2D eigenvalue weighted by molar-refractivity contribution is 5.43. The Balaban J connectivity index is 1.57. The Morgan fingerprint density at radius 3 is 2.44 bits per heavy atom. The second-order valence-corrected chi connectivity index (χ2v) is 6.54. The normalized spacial score (nSPS) is 15.8. The van der Waals surface area contributed by atoms with E-state index in [0.29, 0.717) is 12.5 Å². The Morgan fingerprint density at radius 1 is 1.11 bits per heavy atom. The fourth-order valence-electron chi connectivity index (χ4n) is 3.02. The summed E-state index contributed by atoms with van der Waals surface area (Å²) in [4.78, 5) is 16.9. The Bertz CT molecular complexity index is 755. The van der Waals surface area contributed by atoms with Crippen LogP contribution in [0.4, 0.5) is 24.9 Å². The zero-order chi connectivity index (χ0) is 19.4. The van der Waals surface area contributed by atoms with Gasteiger partial charge in [-0.2, -0.15) is 18.2 Å². The summed E-state index contributed by atoms with van der Waals surface area (Å²) < 4.78 is 37.8. The van der Waals surface area contributed by atoms with Gasteiger partial charge < -0.3 is 10.2 Å². The lowest BCUT2D eigenvalue weighted by Crippen LogP contribution is -2.46. The molecule has 0 atom stereocenters. The van der Waals surface area contributed by atoms with Gasteiger partial charge in [-0.15, -0.1) is 0 Å². The van der Waals surface area contributed by atoms with Crippen molar-refractivity contribution in [1.82, 2.24) is 19.9 Å². The van der Waals surface area contributed by atoms with Crippen LogP contribution in [0.25, 0.3) is 0 Å². The van der Waals surface area contributed by atoms with Crippen molar-refractivity contribution in [1.29, 1.82) is 0 Å². The topological polar surface area (TPSA) is 57.2 Å². The van der Waals surface area contributed by atoms with Crippen LogP contribution in [0.5, 0.6) is 0 Å². The Labute approximate surface area is 156 Å². The standard InChI is InChI=1S/C18H23F3N6/c1-3-22-16-10-13(2)24-17(25-16)27-8-6-26(7-9-27)12-14-4-5-15(23-11-14)18(19,20)21/h4-5,10-11H,3,6-9,12H2,1-2H3,(H,22,24,25). The zero-order valence-electron chi connectivity index (χ0n) is 15.4. The molecule has 0 radical (unpaired) electrons. The summed E-state index contributed by atoms with van der Waals surface area (Å²) in [5.74, 6) is 1.53. The van der Waals surface area contributed by atoms with Crippen molar-refractivity contribution >= 4 is 11.8 Å². The first-order valence-corrected chi connectivity index (χ1v) is 8.94. The van der Waals surface area contributed by atoms with E-state index < -0.39 is 11.9 Å². The number of hydrogen-bond acceptors (Lipinski definition) is 6. The number of nitrogens with one attached hydrogen (secondary N) is 1. The molecule has 0 saturated carbocycles. The highest BCUT2D eigenvalue weighted by Crippen LogP contribution is 2.27. The molecule has 0 aliphatic carbocycles. The quantitative estimate of drug-likeness (QED) is 0.861. The summed E-state index contributed by atoms with van der Waals surface area (Å²) in [7, 11) is 0. The number of hydrogen-bond donors (Lipinski definition) is 1. The molecule has 2 aromatic heterocycles. The van der Waals surface area contributed by atoms with E-state index >= 15 is 0 Å². The van der Waals surface area contributed by atoms with Crippen LogP contribution < -0.4 is 10.2 Å². The molecular formula is C18H23F3N6. The fraction of sp³-hybridized carbons (Fsp3) is 0.500. The Hall–Kier alpha value is -2.42. The molecule has 1 aliphatic rings. The van der Waals surface area contributed by atoms with Gasteiger partial charge in [-0.1, -0.05) is 6.07 Å². The summed E-state index contributed by atoms with van der Waals surface area (Å²) in [6, 6.07) is 4.45. The minimum Gasteiger partial charge on any atom is -0.370 e. The van der Waals surface area contributed by atoms with Gasteiger partial charge in [0.05, 0.1) is 0 Å². The maximum atomic E-state index is 12.6. The molecule has 0 bridgehead atoms. The molecular weight excluding hydrogens is 357 g/mol. The fourth-order valence-corrected chi connectivity index (χ4v) is 3.02. The molecule has 1 N–H and O–H groups in total. The highest BCUT2D eigenvalue weighted by atomic mass is 19.4. The average molecular weight is 380 g/mol. The number of halogens is 3. The number of alkyl halides is 3. The maximum absolute atomic E-state index is 12.6. The number of nitrogens with zero attached hydrogens (tertiary/aromatic N) is 5. The third-order valence-corrected chi connectivity index (χ3v) is 4.38. The molecule has 6 nitrogen and oxygen atoms in total. The van der Waals surface area contributed by atoms with E-state index in [1.165, 1.54) is 12.3 Å². The van der Waals surface area contributed by atoms with Gasteiger partial charge in [-0.3, -0.25) is 9.88 Å². The third-order valence-electron chi connectivity index (χ3n) is 4.38. The summed E-state index contributed by atoms with van der Waals surface area (Å²) >= 11 is 0. The van der Waals surface area contributed by atoms with Crippen molar-refractivity contribution in [2.75, 3.05) is 42.9 Å². The monoisotopic (exact) mass is 380 g/mol. The van der Waals surface area contributed by atoms with Crippen molar-refractivity contribution in [3.05, 3.63) is 41.3 Å². The minimum absolute atomic E-state index is 0.580. The van der Waals surface area contributed by atoms with Crippen LogP contribution in [0.15, 0.2) is 24.4 Å². The molecule has 3 rings (SSSR count). The van der Waals surface area contributed by atoms with E-state index in [0.717, 1.165) is 55.9 Å². The number of aryl methyl sites for hydroxylation is 1. The van der Waals surface area contributed by atoms with Gasteiger partial charge in [0, 0.05) is 57.2 Å².